The summed E-state index contributed by atoms with van der Waals surface area (Å²) in [5.41, 5.74) is 6.72. The van der Waals surface area contributed by atoms with Gasteiger partial charge in [0.15, 0.2) is 6.17 Å². The number of alkyl halides is 1. The first kappa shape index (κ1) is 14.2. The van der Waals surface area contributed by atoms with Gasteiger partial charge in [-0.05, 0) is 10.6 Å². The van der Waals surface area contributed by atoms with Crippen molar-refractivity contribution in [1.82, 2.24) is 9.55 Å². The average molecular weight is 287 g/mol. The molecular weight excluding hydrogens is 277 g/mol. The number of rotatable bonds is 3. The van der Waals surface area contributed by atoms with Crippen LogP contribution in [0.2, 0.25) is 0 Å². The molecular formula is C9H10FN5O5. The Labute approximate surface area is 109 Å². The molecule has 1 saturated heterocycles. The minimum Gasteiger partial charge on any atom is -0.394 e. The van der Waals surface area contributed by atoms with Gasteiger partial charge in [0, 0.05) is 17.2 Å². The molecule has 0 unspecified atom stereocenters. The summed E-state index contributed by atoms with van der Waals surface area (Å²) in [6, 6.07) is 0.894. The zero-order valence-electron chi connectivity index (χ0n) is 9.88. The molecule has 10 nitrogen and oxygen atoms in total. The van der Waals surface area contributed by atoms with Crippen LogP contribution in [0.15, 0.2) is 27.0 Å². The van der Waals surface area contributed by atoms with Crippen molar-refractivity contribution in [2.75, 3.05) is 6.61 Å². The predicted octanol–water partition coefficient (Wildman–Crippen LogP) is -1.45. The van der Waals surface area contributed by atoms with Gasteiger partial charge in [-0.3, -0.25) is 14.3 Å². The number of aromatic nitrogens is 2. The number of H-pyrrole nitrogens is 1. The van der Waals surface area contributed by atoms with Gasteiger partial charge in [-0.25, -0.2) is 9.18 Å². The second kappa shape index (κ2) is 5.06. The molecule has 0 bridgehead atoms. The van der Waals surface area contributed by atoms with Crippen LogP contribution in [-0.2, 0) is 10.6 Å². The maximum atomic E-state index is 14.2. The number of nitrogens with zero attached hydrogens (tertiary/aromatic N) is 4. The molecule has 108 valence electrons. The molecule has 4 atom stereocenters. The third kappa shape index (κ3) is 1.98. The molecule has 0 saturated carbocycles. The molecule has 3 N–H and O–H groups in total. The van der Waals surface area contributed by atoms with Crippen LogP contribution in [0.5, 0.6) is 0 Å². The Balaban J connectivity index is 2.65. The summed E-state index contributed by atoms with van der Waals surface area (Å²) in [4.78, 5) is 26.9. The van der Waals surface area contributed by atoms with Crippen LogP contribution >= 0.6 is 0 Å². The lowest BCUT2D eigenvalue weighted by atomic mass is 10.1. The standard InChI is InChI=1S/C9H10FN5O5/c10-7-6(18)4(3-16)20-9(7,13-14-11)15-2-1-5(17)12-8(15)19/h1-2,4,6-7,16,18H,3H2,(H,12,17,19)/t4-,6-,7-,9+/m1/s1. The van der Waals surface area contributed by atoms with Crippen molar-refractivity contribution >= 4 is 0 Å². The number of hydrogen-bond donors (Lipinski definition) is 3. The fourth-order valence-corrected chi connectivity index (χ4v) is 1.96. The van der Waals surface area contributed by atoms with Gasteiger partial charge >= 0.3 is 5.69 Å². The lowest BCUT2D eigenvalue weighted by Crippen LogP contribution is -2.48. The van der Waals surface area contributed by atoms with Crippen LogP contribution in [0.25, 0.3) is 10.4 Å². The molecule has 1 fully saturated rings. The Bertz CT molecular complexity index is 667. The number of aliphatic hydroxyl groups excluding tert-OH is 2. The van der Waals surface area contributed by atoms with E-state index in [1.54, 1.807) is 0 Å². The molecule has 0 aromatic carbocycles. The van der Waals surface area contributed by atoms with Gasteiger partial charge in [0.25, 0.3) is 11.4 Å². The fraction of sp³-hybridized carbons (Fsp3) is 0.556. The van der Waals surface area contributed by atoms with E-state index in [0.29, 0.717) is 4.57 Å². The van der Waals surface area contributed by atoms with Gasteiger partial charge in [0.05, 0.1) is 6.61 Å². The molecule has 1 aliphatic heterocycles. The largest absolute Gasteiger partial charge is 0.394 e. The maximum absolute atomic E-state index is 14.2. The van der Waals surface area contributed by atoms with Crippen LogP contribution in [0.3, 0.4) is 0 Å². The van der Waals surface area contributed by atoms with Gasteiger partial charge in [-0.15, -0.1) is 0 Å². The number of nitrogens with one attached hydrogen (secondary N) is 1. The Hall–Kier alpha value is -2.20. The third-order valence-electron chi connectivity index (χ3n) is 2.90. The Morgan fingerprint density at radius 2 is 2.35 bits per heavy atom. The lowest BCUT2D eigenvalue weighted by molar-refractivity contribution is -0.131. The molecule has 1 aromatic heterocycles. The number of ether oxygens (including phenoxy) is 1. The quantitative estimate of drug-likeness (QED) is 0.352. The third-order valence-corrected chi connectivity index (χ3v) is 2.90. The van der Waals surface area contributed by atoms with Gasteiger partial charge < -0.3 is 14.9 Å². The monoisotopic (exact) mass is 287 g/mol. The molecule has 1 aromatic rings. The van der Waals surface area contributed by atoms with E-state index in [-0.39, 0.29) is 0 Å². The molecule has 11 heteroatoms. The summed E-state index contributed by atoms with van der Waals surface area (Å²) < 4.78 is 19.8. The molecule has 0 amide bonds. The van der Waals surface area contributed by atoms with Crippen molar-refractivity contribution < 1.29 is 19.3 Å². The highest BCUT2D eigenvalue weighted by Gasteiger charge is 2.57. The Kier molecular flexibility index (Phi) is 3.59. The Morgan fingerprint density at radius 1 is 1.65 bits per heavy atom. The summed E-state index contributed by atoms with van der Waals surface area (Å²) in [7, 11) is 0. The normalized spacial score (nSPS) is 32.9. The summed E-state index contributed by atoms with van der Waals surface area (Å²) in [5.74, 6) is -2.51. The van der Waals surface area contributed by atoms with E-state index in [9.17, 15) is 19.1 Å². The summed E-state index contributed by atoms with van der Waals surface area (Å²) >= 11 is 0. The van der Waals surface area contributed by atoms with E-state index < -0.39 is 42.1 Å². The van der Waals surface area contributed by atoms with E-state index in [4.69, 9.17) is 15.4 Å². The van der Waals surface area contributed by atoms with E-state index in [1.165, 1.54) is 0 Å². The van der Waals surface area contributed by atoms with E-state index in [1.807, 2.05) is 4.98 Å². The van der Waals surface area contributed by atoms with Crippen LogP contribution in [0.4, 0.5) is 4.39 Å². The maximum Gasteiger partial charge on any atom is 0.330 e. The number of aliphatic hydroxyl groups is 2. The van der Waals surface area contributed by atoms with Gasteiger partial charge in [0.1, 0.15) is 12.2 Å². The Morgan fingerprint density at radius 3 is 2.85 bits per heavy atom. The van der Waals surface area contributed by atoms with E-state index in [0.717, 1.165) is 12.3 Å². The molecule has 0 spiro atoms. The first-order chi connectivity index (χ1) is 9.46. The highest BCUT2D eigenvalue weighted by atomic mass is 19.1. The fourth-order valence-electron chi connectivity index (χ4n) is 1.96. The van der Waals surface area contributed by atoms with E-state index in [2.05, 4.69) is 10.0 Å². The van der Waals surface area contributed by atoms with E-state index >= 15 is 0 Å². The average Bonchev–Trinajstić information content (AvgIpc) is 2.65. The van der Waals surface area contributed by atoms with Gasteiger partial charge in [-0.2, -0.15) is 0 Å². The van der Waals surface area contributed by atoms with Crippen LogP contribution in [-0.4, -0.2) is 44.8 Å². The summed E-state index contributed by atoms with van der Waals surface area (Å²) in [6.45, 7) is -0.748. The predicted molar refractivity (Wildman–Crippen MR) is 61.3 cm³/mol. The van der Waals surface area contributed by atoms with Crippen molar-refractivity contribution in [2.45, 2.75) is 24.2 Å². The first-order valence-corrected chi connectivity index (χ1v) is 5.46. The topological polar surface area (TPSA) is 153 Å². The second-order valence-corrected chi connectivity index (χ2v) is 4.06. The molecule has 2 rings (SSSR count). The summed E-state index contributed by atoms with van der Waals surface area (Å²) in [6.07, 6.45) is -4.62. The number of aromatic amines is 1. The molecule has 2 heterocycles. The van der Waals surface area contributed by atoms with Crippen molar-refractivity contribution in [3.63, 3.8) is 0 Å². The number of halogens is 1. The summed E-state index contributed by atoms with van der Waals surface area (Å²) in [5, 5.41) is 21.7. The van der Waals surface area contributed by atoms with Crippen LogP contribution < -0.4 is 11.2 Å². The number of azide groups is 1. The smallest absolute Gasteiger partial charge is 0.330 e. The van der Waals surface area contributed by atoms with Crippen LogP contribution in [0.1, 0.15) is 0 Å². The second-order valence-electron chi connectivity index (χ2n) is 4.06. The lowest BCUT2D eigenvalue weighted by Gasteiger charge is -2.27. The molecule has 0 aliphatic carbocycles. The SMILES string of the molecule is [N-]=[N+]=N[C@@]1(n2ccc(=O)[nH]c2=O)O[C@H](CO)[C@@H](O)[C@H]1F. The zero-order chi connectivity index (χ0) is 14.9. The zero-order valence-corrected chi connectivity index (χ0v) is 9.88. The van der Waals surface area contributed by atoms with Crippen molar-refractivity contribution in [2.24, 2.45) is 5.11 Å². The van der Waals surface area contributed by atoms with Crippen molar-refractivity contribution in [1.29, 1.82) is 0 Å². The van der Waals surface area contributed by atoms with Crippen molar-refractivity contribution in [3.05, 3.63) is 43.5 Å². The highest BCUT2D eigenvalue weighted by molar-refractivity contribution is 5.01. The molecule has 0 radical (unpaired) electrons. The van der Waals surface area contributed by atoms with Gasteiger partial charge in [0.2, 0.25) is 0 Å². The van der Waals surface area contributed by atoms with Crippen molar-refractivity contribution in [3.8, 4) is 0 Å². The molecule has 20 heavy (non-hydrogen) atoms. The highest BCUT2D eigenvalue weighted by Crippen LogP contribution is 2.38. The first-order valence-electron chi connectivity index (χ1n) is 5.46. The molecule has 1 aliphatic rings. The number of hydrogen-bond acceptors (Lipinski definition) is 6. The van der Waals surface area contributed by atoms with Crippen LogP contribution in [0, 0.1) is 0 Å². The van der Waals surface area contributed by atoms with Gasteiger partial charge in [-0.1, -0.05) is 0 Å². The minimum absolute atomic E-state index is 0.512. The minimum atomic E-state index is -2.51.